The monoisotopic (exact) mass is 292 g/mol. The smallest absolute Gasteiger partial charge is 0.319 e. The van der Waals surface area contributed by atoms with Crippen LogP contribution in [0.4, 0.5) is 10.5 Å². The van der Waals surface area contributed by atoms with Crippen LogP contribution >= 0.6 is 0 Å². The van der Waals surface area contributed by atoms with Gasteiger partial charge in [-0.1, -0.05) is 18.2 Å². The summed E-state index contributed by atoms with van der Waals surface area (Å²) in [5.41, 5.74) is 1.47. The van der Waals surface area contributed by atoms with Crippen molar-refractivity contribution in [3.63, 3.8) is 0 Å². The van der Waals surface area contributed by atoms with Crippen molar-refractivity contribution in [2.75, 3.05) is 25.1 Å². The van der Waals surface area contributed by atoms with Gasteiger partial charge in [-0.15, -0.1) is 0 Å². The third-order valence-corrected chi connectivity index (χ3v) is 3.45. The molecule has 21 heavy (non-hydrogen) atoms. The second kappa shape index (κ2) is 7.64. The molecule has 1 saturated heterocycles. The Morgan fingerprint density at radius 1 is 1.33 bits per heavy atom. The Morgan fingerprint density at radius 3 is 2.86 bits per heavy atom. The molecular formula is C15H20N2O4. The number of anilines is 1. The Bertz CT molecular complexity index is 498. The maximum atomic E-state index is 11.9. The molecule has 1 aliphatic heterocycles. The van der Waals surface area contributed by atoms with Crippen molar-refractivity contribution >= 4 is 17.7 Å². The van der Waals surface area contributed by atoms with E-state index >= 15 is 0 Å². The van der Waals surface area contributed by atoms with Crippen molar-refractivity contribution in [2.24, 2.45) is 5.92 Å². The first-order valence-electron chi connectivity index (χ1n) is 7.07. The lowest BCUT2D eigenvalue weighted by molar-refractivity contribution is -0.136. The zero-order valence-corrected chi connectivity index (χ0v) is 11.8. The molecule has 114 valence electrons. The van der Waals surface area contributed by atoms with Crippen LogP contribution in [0, 0.1) is 5.92 Å². The van der Waals surface area contributed by atoms with Gasteiger partial charge in [0, 0.05) is 31.2 Å². The quantitative estimate of drug-likeness (QED) is 0.747. The number of carboxylic acids is 1. The van der Waals surface area contributed by atoms with E-state index in [0.29, 0.717) is 31.2 Å². The zero-order chi connectivity index (χ0) is 15.1. The van der Waals surface area contributed by atoms with E-state index in [1.54, 1.807) is 6.07 Å². The van der Waals surface area contributed by atoms with E-state index in [0.717, 1.165) is 18.6 Å². The number of aliphatic carboxylic acids is 1. The highest BCUT2D eigenvalue weighted by atomic mass is 16.5. The third kappa shape index (κ3) is 5.07. The SMILES string of the molecule is O=C(O)CCc1ccccc1NC(=O)NCC1CCOC1. The summed E-state index contributed by atoms with van der Waals surface area (Å²) in [6.45, 7) is 2.03. The van der Waals surface area contributed by atoms with E-state index in [-0.39, 0.29) is 12.5 Å². The van der Waals surface area contributed by atoms with Gasteiger partial charge in [0.05, 0.1) is 6.61 Å². The number of nitrogens with one attached hydrogen (secondary N) is 2. The normalized spacial score (nSPS) is 17.4. The number of ether oxygens (including phenoxy) is 1. The number of para-hydroxylation sites is 1. The lowest BCUT2D eigenvalue weighted by atomic mass is 10.1. The van der Waals surface area contributed by atoms with E-state index in [1.807, 2.05) is 18.2 Å². The fraction of sp³-hybridized carbons (Fsp3) is 0.467. The summed E-state index contributed by atoms with van der Waals surface area (Å²) in [6, 6.07) is 6.96. The molecule has 3 N–H and O–H groups in total. The number of carbonyl (C=O) groups is 2. The number of aryl methyl sites for hydroxylation is 1. The zero-order valence-electron chi connectivity index (χ0n) is 11.8. The fourth-order valence-electron chi connectivity index (χ4n) is 2.25. The average molecular weight is 292 g/mol. The Hall–Kier alpha value is -2.08. The van der Waals surface area contributed by atoms with Gasteiger partial charge in [-0.05, 0) is 24.5 Å². The highest BCUT2D eigenvalue weighted by molar-refractivity contribution is 5.90. The average Bonchev–Trinajstić information content (AvgIpc) is 2.97. The molecule has 1 aromatic carbocycles. The maximum absolute atomic E-state index is 11.9. The molecule has 0 bridgehead atoms. The molecule has 6 heteroatoms. The van der Waals surface area contributed by atoms with Crippen molar-refractivity contribution in [2.45, 2.75) is 19.3 Å². The van der Waals surface area contributed by atoms with Crippen LogP contribution in [0.5, 0.6) is 0 Å². The van der Waals surface area contributed by atoms with E-state index < -0.39 is 5.97 Å². The van der Waals surface area contributed by atoms with E-state index in [9.17, 15) is 9.59 Å². The summed E-state index contributed by atoms with van der Waals surface area (Å²) in [4.78, 5) is 22.5. The largest absolute Gasteiger partial charge is 0.481 e. The number of urea groups is 1. The van der Waals surface area contributed by atoms with Crippen LogP contribution < -0.4 is 10.6 Å². The molecule has 1 heterocycles. The van der Waals surface area contributed by atoms with Crippen LogP contribution in [-0.2, 0) is 16.0 Å². The first kappa shape index (κ1) is 15.3. The highest BCUT2D eigenvalue weighted by Crippen LogP contribution is 2.17. The predicted molar refractivity (Wildman–Crippen MR) is 78.3 cm³/mol. The summed E-state index contributed by atoms with van der Waals surface area (Å²) < 4.78 is 5.25. The van der Waals surface area contributed by atoms with E-state index in [4.69, 9.17) is 9.84 Å². The summed E-state index contributed by atoms with van der Waals surface area (Å²) in [6.07, 6.45) is 1.40. The predicted octanol–water partition coefficient (Wildman–Crippen LogP) is 1.86. The Labute approximate surface area is 123 Å². The summed E-state index contributed by atoms with van der Waals surface area (Å²) in [5, 5.41) is 14.3. The molecule has 2 rings (SSSR count). The molecule has 0 spiro atoms. The topological polar surface area (TPSA) is 87.7 Å². The van der Waals surface area contributed by atoms with Gasteiger partial charge in [0.25, 0.3) is 0 Å². The Kier molecular flexibility index (Phi) is 5.57. The first-order valence-corrected chi connectivity index (χ1v) is 7.07. The van der Waals surface area contributed by atoms with E-state index in [1.165, 1.54) is 0 Å². The van der Waals surface area contributed by atoms with Gasteiger partial charge >= 0.3 is 12.0 Å². The fourth-order valence-corrected chi connectivity index (χ4v) is 2.25. The number of carbonyl (C=O) groups excluding carboxylic acids is 1. The first-order chi connectivity index (χ1) is 10.1. The molecule has 0 aliphatic carbocycles. The lowest BCUT2D eigenvalue weighted by Crippen LogP contribution is -2.33. The molecule has 1 atom stereocenters. The van der Waals surface area contributed by atoms with Crippen molar-refractivity contribution < 1.29 is 19.4 Å². The van der Waals surface area contributed by atoms with Crippen LogP contribution in [0.25, 0.3) is 0 Å². The molecule has 0 aromatic heterocycles. The Morgan fingerprint density at radius 2 is 2.14 bits per heavy atom. The van der Waals surface area contributed by atoms with Crippen LogP contribution in [0.1, 0.15) is 18.4 Å². The van der Waals surface area contributed by atoms with Crippen LogP contribution in [0.2, 0.25) is 0 Å². The second-order valence-electron chi connectivity index (χ2n) is 5.12. The van der Waals surface area contributed by atoms with Crippen LogP contribution in [0.15, 0.2) is 24.3 Å². The minimum absolute atomic E-state index is 0.0414. The van der Waals surface area contributed by atoms with Gasteiger partial charge in [-0.3, -0.25) is 4.79 Å². The second-order valence-corrected chi connectivity index (χ2v) is 5.12. The molecule has 0 radical (unpaired) electrons. The number of rotatable bonds is 6. The van der Waals surface area contributed by atoms with Gasteiger partial charge in [-0.25, -0.2) is 4.79 Å². The molecule has 1 aromatic rings. The molecule has 0 saturated carbocycles. The molecule has 1 aliphatic rings. The van der Waals surface area contributed by atoms with Crippen molar-refractivity contribution in [1.82, 2.24) is 5.32 Å². The molecule has 1 unspecified atom stereocenters. The molecule has 2 amide bonds. The van der Waals surface area contributed by atoms with Gasteiger partial charge < -0.3 is 20.5 Å². The van der Waals surface area contributed by atoms with Gasteiger partial charge in [-0.2, -0.15) is 0 Å². The molecular weight excluding hydrogens is 272 g/mol. The van der Waals surface area contributed by atoms with E-state index in [2.05, 4.69) is 10.6 Å². The minimum atomic E-state index is -0.851. The van der Waals surface area contributed by atoms with Crippen molar-refractivity contribution in [1.29, 1.82) is 0 Å². The third-order valence-electron chi connectivity index (χ3n) is 3.45. The number of benzene rings is 1. The maximum Gasteiger partial charge on any atom is 0.319 e. The van der Waals surface area contributed by atoms with Gasteiger partial charge in [0.15, 0.2) is 0 Å². The summed E-state index contributed by atoms with van der Waals surface area (Å²) >= 11 is 0. The summed E-state index contributed by atoms with van der Waals surface area (Å²) in [5.74, 6) is -0.478. The number of amides is 2. The van der Waals surface area contributed by atoms with Crippen LogP contribution in [-0.4, -0.2) is 36.9 Å². The van der Waals surface area contributed by atoms with Crippen molar-refractivity contribution in [3.8, 4) is 0 Å². The number of hydrogen-bond donors (Lipinski definition) is 3. The molecule has 6 nitrogen and oxygen atoms in total. The standard InChI is InChI=1S/C15H20N2O4/c18-14(19)6-5-12-3-1-2-4-13(12)17-15(20)16-9-11-7-8-21-10-11/h1-4,11H,5-10H2,(H,18,19)(H2,16,17,20). The van der Waals surface area contributed by atoms with Crippen molar-refractivity contribution in [3.05, 3.63) is 29.8 Å². The summed E-state index contributed by atoms with van der Waals surface area (Å²) in [7, 11) is 0. The number of hydrogen-bond acceptors (Lipinski definition) is 3. The lowest BCUT2D eigenvalue weighted by Gasteiger charge is -2.13. The highest BCUT2D eigenvalue weighted by Gasteiger charge is 2.16. The van der Waals surface area contributed by atoms with Gasteiger partial charge in [0.2, 0.25) is 0 Å². The van der Waals surface area contributed by atoms with Gasteiger partial charge in [0.1, 0.15) is 0 Å². The minimum Gasteiger partial charge on any atom is -0.481 e. The number of carboxylic acid groups (broad SMARTS) is 1. The molecule has 1 fully saturated rings. The van der Waals surface area contributed by atoms with Crippen LogP contribution in [0.3, 0.4) is 0 Å². The Balaban J connectivity index is 1.85.